The average molecular weight is 247 g/mol. The van der Waals surface area contributed by atoms with Crippen LogP contribution in [0.4, 0.5) is 0 Å². The number of carbonyl (C=O) groups is 1. The maximum atomic E-state index is 11.5. The van der Waals surface area contributed by atoms with Gasteiger partial charge in [0.2, 0.25) is 0 Å². The smallest absolute Gasteiger partial charge is 0.338 e. The highest BCUT2D eigenvalue weighted by Crippen LogP contribution is 2.21. The highest BCUT2D eigenvalue weighted by atomic mass is 32.1. The van der Waals surface area contributed by atoms with Crippen molar-refractivity contribution in [3.63, 3.8) is 0 Å². The molecular weight excluding hydrogens is 234 g/mol. The molecule has 0 atom stereocenters. The Bertz CT molecular complexity index is 516. The minimum atomic E-state index is -0.284. The lowest BCUT2D eigenvalue weighted by atomic mass is 10.1. The van der Waals surface area contributed by atoms with Crippen molar-refractivity contribution in [3.8, 4) is 11.3 Å². The van der Waals surface area contributed by atoms with Crippen molar-refractivity contribution in [3.05, 3.63) is 40.2 Å². The Morgan fingerprint density at radius 2 is 2.06 bits per heavy atom. The van der Waals surface area contributed by atoms with Crippen molar-refractivity contribution in [2.45, 2.75) is 13.8 Å². The second kappa shape index (κ2) is 5.10. The fourth-order valence-electron chi connectivity index (χ4n) is 1.49. The molecule has 88 valence electrons. The van der Waals surface area contributed by atoms with Crippen molar-refractivity contribution in [2.24, 2.45) is 0 Å². The van der Waals surface area contributed by atoms with Gasteiger partial charge in [0.1, 0.15) is 0 Å². The van der Waals surface area contributed by atoms with Crippen LogP contribution in [0.25, 0.3) is 11.3 Å². The molecule has 1 aromatic heterocycles. The van der Waals surface area contributed by atoms with Gasteiger partial charge in [0.25, 0.3) is 0 Å². The van der Waals surface area contributed by atoms with Crippen LogP contribution in [-0.4, -0.2) is 17.6 Å². The van der Waals surface area contributed by atoms with Crippen molar-refractivity contribution < 1.29 is 9.53 Å². The van der Waals surface area contributed by atoms with Gasteiger partial charge in [-0.15, -0.1) is 11.3 Å². The molecule has 0 aliphatic rings. The molecular formula is C13H13NO2S. The number of ether oxygens (including phenoxy) is 1. The quantitative estimate of drug-likeness (QED) is 0.781. The molecule has 0 N–H and O–H groups in total. The Labute approximate surface area is 104 Å². The molecule has 3 nitrogen and oxygen atoms in total. The fraction of sp³-hybridized carbons (Fsp3) is 0.231. The van der Waals surface area contributed by atoms with Gasteiger partial charge in [0.05, 0.1) is 22.9 Å². The Morgan fingerprint density at radius 1 is 1.35 bits per heavy atom. The van der Waals surface area contributed by atoms with Crippen molar-refractivity contribution in [2.75, 3.05) is 6.61 Å². The lowest BCUT2D eigenvalue weighted by Gasteiger charge is -2.02. The monoisotopic (exact) mass is 247 g/mol. The first-order valence-electron chi connectivity index (χ1n) is 5.40. The summed E-state index contributed by atoms with van der Waals surface area (Å²) in [6.07, 6.45) is 0. The average Bonchev–Trinajstić information content (AvgIpc) is 2.76. The number of hydrogen-bond donors (Lipinski definition) is 0. The van der Waals surface area contributed by atoms with Gasteiger partial charge in [-0.05, 0) is 26.0 Å². The molecule has 17 heavy (non-hydrogen) atoms. The third kappa shape index (κ3) is 2.71. The van der Waals surface area contributed by atoms with Gasteiger partial charge >= 0.3 is 5.97 Å². The minimum absolute atomic E-state index is 0.284. The summed E-state index contributed by atoms with van der Waals surface area (Å²) < 4.78 is 4.93. The summed E-state index contributed by atoms with van der Waals surface area (Å²) in [5.41, 5.74) is 2.54. The van der Waals surface area contributed by atoms with E-state index in [2.05, 4.69) is 4.98 Å². The van der Waals surface area contributed by atoms with Gasteiger partial charge < -0.3 is 4.74 Å². The van der Waals surface area contributed by atoms with Crippen molar-refractivity contribution in [1.82, 2.24) is 4.98 Å². The molecule has 0 fully saturated rings. The molecule has 2 rings (SSSR count). The maximum absolute atomic E-state index is 11.5. The molecule has 0 saturated heterocycles. The summed E-state index contributed by atoms with van der Waals surface area (Å²) in [6.45, 7) is 4.16. The van der Waals surface area contributed by atoms with Gasteiger partial charge in [-0.25, -0.2) is 9.78 Å². The predicted octanol–water partition coefficient (Wildman–Crippen LogP) is 3.30. The zero-order valence-electron chi connectivity index (χ0n) is 9.77. The first-order valence-corrected chi connectivity index (χ1v) is 6.28. The maximum Gasteiger partial charge on any atom is 0.338 e. The van der Waals surface area contributed by atoms with E-state index < -0.39 is 0 Å². The SMILES string of the molecule is CCOC(=O)c1ccc(-c2csc(C)n2)cc1. The lowest BCUT2D eigenvalue weighted by Crippen LogP contribution is -2.03. The summed E-state index contributed by atoms with van der Waals surface area (Å²) in [5, 5.41) is 3.05. The fourth-order valence-corrected chi connectivity index (χ4v) is 2.11. The number of aromatic nitrogens is 1. The topological polar surface area (TPSA) is 39.2 Å². The second-order valence-electron chi connectivity index (χ2n) is 3.55. The van der Waals surface area contributed by atoms with Crippen molar-refractivity contribution >= 4 is 17.3 Å². The van der Waals surface area contributed by atoms with Gasteiger partial charge in [-0.1, -0.05) is 12.1 Å². The van der Waals surface area contributed by atoms with Crippen LogP contribution < -0.4 is 0 Å². The van der Waals surface area contributed by atoms with E-state index in [-0.39, 0.29) is 5.97 Å². The number of esters is 1. The molecule has 0 spiro atoms. The molecule has 0 amide bonds. The largest absolute Gasteiger partial charge is 0.462 e. The molecule has 2 aromatic rings. The zero-order valence-corrected chi connectivity index (χ0v) is 10.6. The first kappa shape index (κ1) is 11.8. The molecule has 0 saturated carbocycles. The van der Waals surface area contributed by atoms with Crippen LogP contribution in [0.5, 0.6) is 0 Å². The predicted molar refractivity (Wildman–Crippen MR) is 68.2 cm³/mol. The van der Waals surface area contributed by atoms with Crippen LogP contribution in [0, 0.1) is 6.92 Å². The molecule has 4 heteroatoms. The number of hydrogen-bond acceptors (Lipinski definition) is 4. The number of benzene rings is 1. The highest BCUT2D eigenvalue weighted by molar-refractivity contribution is 7.09. The van der Waals surface area contributed by atoms with Crippen LogP contribution in [0.1, 0.15) is 22.3 Å². The lowest BCUT2D eigenvalue weighted by molar-refractivity contribution is 0.0526. The Balaban J connectivity index is 2.21. The Kier molecular flexibility index (Phi) is 3.54. The number of thiazole rings is 1. The summed E-state index contributed by atoms with van der Waals surface area (Å²) in [4.78, 5) is 15.9. The molecule has 0 unspecified atom stereocenters. The van der Waals surface area contributed by atoms with E-state index in [4.69, 9.17) is 4.74 Å². The van der Waals surface area contributed by atoms with Gasteiger partial charge in [0, 0.05) is 10.9 Å². The second-order valence-corrected chi connectivity index (χ2v) is 4.61. The molecule has 1 aromatic carbocycles. The van der Waals surface area contributed by atoms with E-state index in [1.54, 1.807) is 30.4 Å². The van der Waals surface area contributed by atoms with Crippen LogP contribution in [0.3, 0.4) is 0 Å². The summed E-state index contributed by atoms with van der Waals surface area (Å²) in [5.74, 6) is -0.284. The minimum Gasteiger partial charge on any atom is -0.462 e. The Hall–Kier alpha value is -1.68. The van der Waals surface area contributed by atoms with E-state index in [1.165, 1.54) is 0 Å². The van der Waals surface area contributed by atoms with E-state index in [9.17, 15) is 4.79 Å². The van der Waals surface area contributed by atoms with Crippen LogP contribution in [0.15, 0.2) is 29.6 Å². The van der Waals surface area contributed by atoms with Gasteiger partial charge in [-0.3, -0.25) is 0 Å². The zero-order chi connectivity index (χ0) is 12.3. The van der Waals surface area contributed by atoms with E-state index in [0.29, 0.717) is 12.2 Å². The van der Waals surface area contributed by atoms with Crippen LogP contribution in [-0.2, 0) is 4.74 Å². The molecule has 0 radical (unpaired) electrons. The first-order chi connectivity index (χ1) is 8.20. The highest BCUT2D eigenvalue weighted by Gasteiger charge is 2.07. The number of rotatable bonds is 3. The van der Waals surface area contributed by atoms with E-state index in [1.807, 2.05) is 24.4 Å². The standard InChI is InChI=1S/C13H13NO2S/c1-3-16-13(15)11-6-4-10(5-7-11)12-8-17-9(2)14-12/h4-8H,3H2,1-2H3. The van der Waals surface area contributed by atoms with Gasteiger partial charge in [-0.2, -0.15) is 0 Å². The van der Waals surface area contributed by atoms with Crippen LogP contribution >= 0.6 is 11.3 Å². The number of carbonyl (C=O) groups excluding carboxylic acids is 1. The van der Waals surface area contributed by atoms with Gasteiger partial charge in [0.15, 0.2) is 0 Å². The summed E-state index contributed by atoms with van der Waals surface area (Å²) in [7, 11) is 0. The van der Waals surface area contributed by atoms with E-state index >= 15 is 0 Å². The number of nitrogens with zero attached hydrogens (tertiary/aromatic N) is 1. The molecule has 0 aliphatic heterocycles. The Morgan fingerprint density at radius 3 is 2.59 bits per heavy atom. The van der Waals surface area contributed by atoms with Crippen molar-refractivity contribution in [1.29, 1.82) is 0 Å². The van der Waals surface area contributed by atoms with Crippen LogP contribution in [0.2, 0.25) is 0 Å². The summed E-state index contributed by atoms with van der Waals surface area (Å²) in [6, 6.07) is 7.31. The normalized spacial score (nSPS) is 10.2. The summed E-state index contributed by atoms with van der Waals surface area (Å²) >= 11 is 1.62. The number of aryl methyl sites for hydroxylation is 1. The molecule has 0 aliphatic carbocycles. The molecule has 1 heterocycles. The third-order valence-corrected chi connectivity index (χ3v) is 3.08. The third-order valence-electron chi connectivity index (χ3n) is 2.31. The van der Waals surface area contributed by atoms with E-state index in [0.717, 1.165) is 16.3 Å². The molecule has 0 bridgehead atoms.